The standard InChI is InChI=1S/C21H23ClFN3O4.C15H20ClFN2O2.C6H5NO3.C2HF3O2.3H2/c22-17-7-6-16(9-18(17)23)30-12-20(28)26-15-4-1-13(2-5-15)10-25-21(29)14-3-8-19(27)24-11-14;16-13-6-5-12(7-14(13)17)21-9-15(20)19-11-3-1-10(8-18)2-4-11;8-5-2-1-4(3-7-5)6(9)10;3-2(4,5)1(6)7;;;/h3,6-9,11,13,15H,1-2,4-5,10,12H2,(H,24,27)(H,25,29)(H,26,28);5-7,10-11H,1-4,8-9,18H2,(H,19,20);1-3H,(H,7,8)(H,9,10);(H,6,7);3*1H. The molecule has 2 aromatic carbocycles. The first-order valence-corrected chi connectivity index (χ1v) is 21.5. The van der Waals surface area contributed by atoms with E-state index < -0.39 is 29.7 Å². The Morgan fingerprint density at radius 2 is 1.09 bits per heavy atom. The van der Waals surface area contributed by atoms with Gasteiger partial charge in [-0.2, -0.15) is 13.2 Å². The van der Waals surface area contributed by atoms with Crippen molar-refractivity contribution in [3.8, 4) is 11.5 Å². The molecule has 2 fully saturated rings. The zero-order valence-electron chi connectivity index (χ0n) is 36.0. The number of carboxylic acid groups (broad SMARTS) is 2. The SMILES string of the molecule is NCC1CCC(NC(=O)COc2ccc(Cl)c(F)c2)CC1.O=C(COc1ccc(Cl)c(F)c1)NC1CCC(CNC(=O)c2ccc(=O)[nH]c2)CC1.O=C(O)C(F)(F)F.O=C(O)c1ccc(=O)[nH]c1.[HH].[HH].[HH]. The third-order valence-electron chi connectivity index (χ3n) is 10.2. The Morgan fingerprint density at radius 3 is 1.44 bits per heavy atom. The van der Waals surface area contributed by atoms with Gasteiger partial charge in [0.1, 0.15) is 23.1 Å². The lowest BCUT2D eigenvalue weighted by Crippen LogP contribution is -2.41. The Morgan fingerprint density at radius 1 is 0.676 bits per heavy atom. The first-order chi connectivity index (χ1) is 32.1. The van der Waals surface area contributed by atoms with Crippen molar-refractivity contribution < 1.29 is 69.9 Å². The maximum atomic E-state index is 13.4. The molecule has 0 spiro atoms. The van der Waals surface area contributed by atoms with E-state index in [-0.39, 0.29) is 79.8 Å². The van der Waals surface area contributed by atoms with Gasteiger partial charge in [-0.05, 0) is 106 Å². The number of carbonyl (C=O) groups is 5. The quantitative estimate of drug-likeness (QED) is 0.0660. The van der Waals surface area contributed by atoms with Crippen LogP contribution in [0.5, 0.6) is 11.5 Å². The molecule has 0 unspecified atom stereocenters. The molecule has 2 saturated carbocycles. The van der Waals surface area contributed by atoms with Gasteiger partial charge in [0.25, 0.3) is 17.7 Å². The number of benzene rings is 2. The van der Waals surface area contributed by atoms with Crippen LogP contribution >= 0.6 is 23.2 Å². The molecule has 0 aliphatic heterocycles. The van der Waals surface area contributed by atoms with E-state index in [9.17, 15) is 50.7 Å². The number of carbonyl (C=O) groups excluding carboxylic acids is 3. The van der Waals surface area contributed by atoms with Gasteiger partial charge in [-0.3, -0.25) is 24.0 Å². The van der Waals surface area contributed by atoms with E-state index in [2.05, 4.69) is 25.9 Å². The number of ether oxygens (including phenoxy) is 2. The number of carboxylic acids is 2. The van der Waals surface area contributed by atoms with Gasteiger partial charge in [0.05, 0.1) is 21.2 Å². The Kier molecular flexibility index (Phi) is 22.9. The van der Waals surface area contributed by atoms with E-state index in [1.807, 2.05) is 0 Å². The third kappa shape index (κ3) is 21.0. The van der Waals surface area contributed by atoms with Crippen molar-refractivity contribution in [2.75, 3.05) is 26.3 Å². The number of alkyl halides is 3. The molecule has 376 valence electrons. The van der Waals surface area contributed by atoms with Crippen molar-refractivity contribution in [1.29, 1.82) is 0 Å². The molecular weight excluding hydrogens is 954 g/mol. The van der Waals surface area contributed by atoms with Gasteiger partial charge in [-0.1, -0.05) is 23.2 Å². The number of rotatable bonds is 13. The molecule has 0 atom stereocenters. The van der Waals surface area contributed by atoms with Crippen molar-refractivity contribution >= 4 is 52.9 Å². The third-order valence-corrected chi connectivity index (χ3v) is 10.8. The highest BCUT2D eigenvalue weighted by Crippen LogP contribution is 2.26. The molecule has 6 rings (SSSR count). The molecule has 17 nitrogen and oxygen atoms in total. The fraction of sp³-hybridized carbons (Fsp3) is 0.386. The van der Waals surface area contributed by atoms with E-state index >= 15 is 0 Å². The summed E-state index contributed by atoms with van der Waals surface area (Å²) < 4.78 is 68.9. The summed E-state index contributed by atoms with van der Waals surface area (Å²) in [5.41, 5.74) is 5.58. The zero-order chi connectivity index (χ0) is 50.4. The van der Waals surface area contributed by atoms with Crippen molar-refractivity contribution in [2.24, 2.45) is 17.6 Å². The molecule has 68 heavy (non-hydrogen) atoms. The van der Waals surface area contributed by atoms with Crippen molar-refractivity contribution in [3.63, 3.8) is 0 Å². The fourth-order valence-corrected chi connectivity index (χ4v) is 6.69. The monoisotopic (exact) mass is 1010 g/mol. The summed E-state index contributed by atoms with van der Waals surface area (Å²) in [6.45, 7) is 0.934. The van der Waals surface area contributed by atoms with Crippen LogP contribution in [0, 0.1) is 23.5 Å². The van der Waals surface area contributed by atoms with Crippen LogP contribution in [-0.2, 0) is 14.4 Å². The average Bonchev–Trinajstić information content (AvgIpc) is 3.30. The number of H-pyrrole nitrogens is 2. The lowest BCUT2D eigenvalue weighted by Gasteiger charge is -2.29. The number of aromatic amines is 2. The summed E-state index contributed by atoms with van der Waals surface area (Å²) in [7, 11) is 0. The second-order valence-corrected chi connectivity index (χ2v) is 16.1. The van der Waals surface area contributed by atoms with Gasteiger partial charge in [0, 0.05) is 59.6 Å². The summed E-state index contributed by atoms with van der Waals surface area (Å²) in [6, 6.07) is 13.6. The van der Waals surface area contributed by atoms with E-state index in [1.54, 1.807) is 0 Å². The first-order valence-electron chi connectivity index (χ1n) is 20.8. The van der Waals surface area contributed by atoms with E-state index in [0.717, 1.165) is 63.6 Å². The van der Waals surface area contributed by atoms with Gasteiger partial charge < -0.3 is 51.3 Å². The predicted molar refractivity (Wildman–Crippen MR) is 244 cm³/mol. The summed E-state index contributed by atoms with van der Waals surface area (Å²) in [5.74, 6) is -4.20. The minimum absolute atomic E-state index is 0. The molecule has 0 radical (unpaired) electrons. The number of hydrogen-bond acceptors (Lipinski definition) is 10. The van der Waals surface area contributed by atoms with Crippen LogP contribution in [0.25, 0.3) is 0 Å². The highest BCUT2D eigenvalue weighted by atomic mass is 35.5. The number of aromatic carboxylic acids is 1. The van der Waals surface area contributed by atoms with E-state index in [4.69, 9.17) is 53.4 Å². The minimum Gasteiger partial charge on any atom is -0.484 e. The van der Waals surface area contributed by atoms with Crippen molar-refractivity contribution in [1.82, 2.24) is 25.9 Å². The van der Waals surface area contributed by atoms with Crippen LogP contribution in [-0.4, -0.2) is 94.4 Å². The number of hydrogen-bond donors (Lipinski definition) is 8. The highest BCUT2D eigenvalue weighted by Gasteiger charge is 2.38. The van der Waals surface area contributed by atoms with Gasteiger partial charge in [0.15, 0.2) is 13.2 Å². The molecule has 2 aliphatic rings. The zero-order valence-corrected chi connectivity index (χ0v) is 37.5. The largest absolute Gasteiger partial charge is 0.490 e. The second-order valence-electron chi connectivity index (χ2n) is 15.2. The Hall–Kier alpha value is -6.52. The molecule has 2 heterocycles. The summed E-state index contributed by atoms with van der Waals surface area (Å²) in [4.78, 5) is 81.2. The molecule has 24 heteroatoms. The van der Waals surface area contributed by atoms with Gasteiger partial charge in [-0.15, -0.1) is 0 Å². The Bertz CT molecular complexity index is 2400. The molecule has 9 N–H and O–H groups in total. The highest BCUT2D eigenvalue weighted by molar-refractivity contribution is 6.31. The smallest absolute Gasteiger partial charge is 0.484 e. The predicted octanol–water partition coefficient (Wildman–Crippen LogP) is 6.59. The molecule has 3 amide bonds. The molecule has 0 bridgehead atoms. The molecule has 0 saturated heterocycles. The number of aliphatic carboxylic acids is 1. The van der Waals surface area contributed by atoms with Crippen molar-refractivity contribution in [2.45, 2.75) is 69.6 Å². The Balaban J connectivity index is 0.00000103. The topological polar surface area (TPSA) is 272 Å². The van der Waals surface area contributed by atoms with Crippen LogP contribution in [0.2, 0.25) is 10.0 Å². The maximum Gasteiger partial charge on any atom is 0.490 e. The Labute approximate surface area is 399 Å². The summed E-state index contributed by atoms with van der Waals surface area (Å²) >= 11 is 11.2. The number of amides is 3. The summed E-state index contributed by atoms with van der Waals surface area (Å²) in [5, 5.41) is 24.3. The number of nitrogens with one attached hydrogen (secondary N) is 5. The van der Waals surface area contributed by atoms with Crippen LogP contribution in [0.1, 0.15) is 76.4 Å². The van der Waals surface area contributed by atoms with Gasteiger partial charge in [-0.25, -0.2) is 18.4 Å². The normalized spacial score (nSPS) is 17.4. The minimum atomic E-state index is -5.08. The van der Waals surface area contributed by atoms with Gasteiger partial charge in [0.2, 0.25) is 11.1 Å². The van der Waals surface area contributed by atoms with Crippen LogP contribution in [0.4, 0.5) is 22.0 Å². The van der Waals surface area contributed by atoms with Gasteiger partial charge >= 0.3 is 18.1 Å². The average molecular weight is 1010 g/mol. The van der Waals surface area contributed by atoms with E-state index in [1.165, 1.54) is 60.8 Å². The molecule has 2 aromatic heterocycles. The molecule has 2 aliphatic carbocycles. The van der Waals surface area contributed by atoms with Crippen LogP contribution < -0.4 is 42.3 Å². The van der Waals surface area contributed by atoms with Crippen molar-refractivity contribution in [3.05, 3.63) is 127 Å². The first kappa shape index (κ1) is 55.8. The number of nitrogens with two attached hydrogens (primary N) is 1. The number of aromatic nitrogens is 2. The number of pyridine rings is 2. The van der Waals surface area contributed by atoms with Crippen LogP contribution in [0.15, 0.2) is 82.6 Å². The van der Waals surface area contributed by atoms with Crippen LogP contribution in [0.3, 0.4) is 0 Å². The fourth-order valence-electron chi connectivity index (χ4n) is 6.46. The number of halogens is 7. The summed E-state index contributed by atoms with van der Waals surface area (Å²) in [6.07, 6.45) is 4.82. The molecule has 4 aromatic rings. The molecular formula is C44H55Cl2F5N6O11. The lowest BCUT2D eigenvalue weighted by molar-refractivity contribution is -0.192. The second kappa shape index (κ2) is 28.0. The maximum absolute atomic E-state index is 13.4. The van der Waals surface area contributed by atoms with E-state index in [0.29, 0.717) is 36.2 Å². The lowest BCUT2D eigenvalue weighted by atomic mass is 9.86.